The minimum atomic E-state index is 0.200. The van der Waals surface area contributed by atoms with Crippen LogP contribution in [0.15, 0.2) is 24.3 Å². The Morgan fingerprint density at radius 2 is 1.82 bits per heavy atom. The van der Waals surface area contributed by atoms with Crippen molar-refractivity contribution in [2.45, 2.75) is 39.5 Å². The van der Waals surface area contributed by atoms with Crippen LogP contribution in [0.1, 0.15) is 39.5 Å². The molecule has 1 aromatic carbocycles. The number of unbranched alkanes of at least 4 members (excludes halogenated alkanes) is 2. The topological polar surface area (TPSA) is 46.3 Å². The lowest BCUT2D eigenvalue weighted by Crippen LogP contribution is -2.30. The van der Waals surface area contributed by atoms with Gasteiger partial charge in [-0.2, -0.15) is 0 Å². The van der Waals surface area contributed by atoms with Gasteiger partial charge in [0.2, 0.25) is 5.91 Å². The Hall–Kier alpha value is -1.51. The molecule has 3 nitrogen and oxygen atoms in total. The fraction of sp³-hybridized carbons (Fsp3) is 0.500. The van der Waals surface area contributed by atoms with Crippen molar-refractivity contribution < 1.29 is 4.79 Å². The fourth-order valence-corrected chi connectivity index (χ4v) is 1.82. The zero-order valence-corrected chi connectivity index (χ0v) is 10.8. The summed E-state index contributed by atoms with van der Waals surface area (Å²) in [7, 11) is 0. The van der Waals surface area contributed by atoms with E-state index < -0.39 is 0 Å². The van der Waals surface area contributed by atoms with Gasteiger partial charge in [-0.25, -0.2) is 0 Å². The molecule has 2 N–H and O–H groups in total. The number of benzene rings is 1. The monoisotopic (exact) mass is 234 g/mol. The van der Waals surface area contributed by atoms with E-state index in [-0.39, 0.29) is 5.91 Å². The van der Waals surface area contributed by atoms with Crippen LogP contribution in [-0.4, -0.2) is 12.5 Å². The van der Waals surface area contributed by atoms with Gasteiger partial charge in [0.15, 0.2) is 0 Å². The summed E-state index contributed by atoms with van der Waals surface area (Å²) in [5.41, 5.74) is 7.30. The zero-order valence-electron chi connectivity index (χ0n) is 10.8. The highest BCUT2D eigenvalue weighted by molar-refractivity contribution is 5.93. The van der Waals surface area contributed by atoms with Gasteiger partial charge in [0.25, 0.3) is 0 Å². The van der Waals surface area contributed by atoms with Crippen molar-refractivity contribution in [3.63, 3.8) is 0 Å². The maximum Gasteiger partial charge on any atom is 0.226 e. The number of anilines is 2. The standard InChI is InChI=1S/C14H22N2O/c1-3-5-6-7-14(17)16(4-2)13-10-8-12(15)9-11-13/h8-11H,3-7,15H2,1-2H3. The van der Waals surface area contributed by atoms with Crippen molar-refractivity contribution >= 4 is 17.3 Å². The Kier molecular flexibility index (Phi) is 5.53. The lowest BCUT2D eigenvalue weighted by Gasteiger charge is -2.21. The first kappa shape index (κ1) is 13.6. The van der Waals surface area contributed by atoms with E-state index >= 15 is 0 Å². The lowest BCUT2D eigenvalue weighted by atomic mass is 10.1. The molecule has 0 aliphatic rings. The van der Waals surface area contributed by atoms with Crippen LogP contribution in [0.5, 0.6) is 0 Å². The number of nitrogen functional groups attached to an aromatic ring is 1. The van der Waals surface area contributed by atoms with Gasteiger partial charge >= 0.3 is 0 Å². The first-order valence-electron chi connectivity index (χ1n) is 6.35. The van der Waals surface area contributed by atoms with E-state index in [1.807, 2.05) is 36.1 Å². The van der Waals surface area contributed by atoms with Crippen LogP contribution in [0, 0.1) is 0 Å². The largest absolute Gasteiger partial charge is 0.399 e. The second kappa shape index (κ2) is 6.94. The van der Waals surface area contributed by atoms with Crippen molar-refractivity contribution in [3.8, 4) is 0 Å². The molecule has 0 unspecified atom stereocenters. The number of carbonyl (C=O) groups excluding carboxylic acids is 1. The third-order valence-electron chi connectivity index (χ3n) is 2.82. The Labute approximate surface area is 104 Å². The summed E-state index contributed by atoms with van der Waals surface area (Å²) in [5, 5.41) is 0. The predicted octanol–water partition coefficient (Wildman–Crippen LogP) is 3.20. The maximum absolute atomic E-state index is 12.0. The van der Waals surface area contributed by atoms with Gasteiger partial charge in [0, 0.05) is 24.3 Å². The molecule has 1 amide bonds. The van der Waals surface area contributed by atoms with Crippen LogP contribution in [0.25, 0.3) is 0 Å². The molecule has 0 saturated heterocycles. The summed E-state index contributed by atoms with van der Waals surface area (Å²) in [6.07, 6.45) is 3.86. The molecule has 0 bridgehead atoms. The SMILES string of the molecule is CCCCCC(=O)N(CC)c1ccc(N)cc1. The van der Waals surface area contributed by atoms with E-state index in [0.29, 0.717) is 13.0 Å². The van der Waals surface area contributed by atoms with Gasteiger partial charge in [-0.05, 0) is 37.6 Å². The van der Waals surface area contributed by atoms with Crippen LogP contribution in [0.2, 0.25) is 0 Å². The molecule has 0 aliphatic heterocycles. The van der Waals surface area contributed by atoms with Crippen molar-refractivity contribution in [2.75, 3.05) is 17.2 Å². The number of rotatable bonds is 6. The predicted molar refractivity (Wildman–Crippen MR) is 73.0 cm³/mol. The highest BCUT2D eigenvalue weighted by Crippen LogP contribution is 2.17. The van der Waals surface area contributed by atoms with E-state index in [0.717, 1.165) is 30.6 Å². The molecule has 0 atom stereocenters. The van der Waals surface area contributed by atoms with Crippen LogP contribution >= 0.6 is 0 Å². The Bertz CT molecular complexity index is 346. The summed E-state index contributed by atoms with van der Waals surface area (Å²) >= 11 is 0. The first-order chi connectivity index (χ1) is 8.19. The van der Waals surface area contributed by atoms with Gasteiger partial charge in [-0.15, -0.1) is 0 Å². The second-order valence-corrected chi connectivity index (χ2v) is 4.19. The molecule has 0 fully saturated rings. The lowest BCUT2D eigenvalue weighted by molar-refractivity contribution is -0.118. The van der Waals surface area contributed by atoms with Crippen LogP contribution in [0.3, 0.4) is 0 Å². The summed E-state index contributed by atoms with van der Waals surface area (Å²) < 4.78 is 0. The number of nitrogens with two attached hydrogens (primary N) is 1. The summed E-state index contributed by atoms with van der Waals surface area (Å²) in [6, 6.07) is 7.46. The molecule has 94 valence electrons. The summed E-state index contributed by atoms with van der Waals surface area (Å²) in [4.78, 5) is 13.8. The zero-order chi connectivity index (χ0) is 12.7. The van der Waals surface area contributed by atoms with Crippen molar-refractivity contribution in [3.05, 3.63) is 24.3 Å². The van der Waals surface area contributed by atoms with Crippen molar-refractivity contribution in [1.29, 1.82) is 0 Å². The Morgan fingerprint density at radius 1 is 1.18 bits per heavy atom. The highest BCUT2D eigenvalue weighted by Gasteiger charge is 2.12. The number of nitrogens with zero attached hydrogens (tertiary/aromatic N) is 1. The number of hydrogen-bond donors (Lipinski definition) is 1. The molecular weight excluding hydrogens is 212 g/mol. The molecule has 1 rings (SSSR count). The first-order valence-corrected chi connectivity index (χ1v) is 6.35. The molecule has 17 heavy (non-hydrogen) atoms. The molecule has 0 spiro atoms. The van der Waals surface area contributed by atoms with E-state index in [1.165, 1.54) is 0 Å². The summed E-state index contributed by atoms with van der Waals surface area (Å²) in [6.45, 7) is 4.84. The van der Waals surface area contributed by atoms with E-state index in [9.17, 15) is 4.79 Å². The van der Waals surface area contributed by atoms with Gasteiger partial charge in [0.1, 0.15) is 0 Å². The van der Waals surface area contributed by atoms with Crippen LogP contribution < -0.4 is 10.6 Å². The van der Waals surface area contributed by atoms with Gasteiger partial charge in [-0.3, -0.25) is 4.79 Å². The fourth-order valence-electron chi connectivity index (χ4n) is 1.82. The highest BCUT2D eigenvalue weighted by atomic mass is 16.2. The van der Waals surface area contributed by atoms with E-state index in [2.05, 4.69) is 6.92 Å². The third kappa shape index (κ3) is 4.10. The van der Waals surface area contributed by atoms with Crippen LogP contribution in [-0.2, 0) is 4.79 Å². The minimum Gasteiger partial charge on any atom is -0.399 e. The van der Waals surface area contributed by atoms with E-state index in [1.54, 1.807) is 0 Å². The molecule has 3 heteroatoms. The molecule has 0 aliphatic carbocycles. The number of amides is 1. The Morgan fingerprint density at radius 3 is 2.35 bits per heavy atom. The van der Waals surface area contributed by atoms with Crippen LogP contribution in [0.4, 0.5) is 11.4 Å². The second-order valence-electron chi connectivity index (χ2n) is 4.19. The van der Waals surface area contributed by atoms with Crippen molar-refractivity contribution in [1.82, 2.24) is 0 Å². The average Bonchev–Trinajstić information content (AvgIpc) is 2.33. The molecule has 0 radical (unpaired) electrons. The molecule has 0 aromatic heterocycles. The normalized spacial score (nSPS) is 10.2. The molecular formula is C14H22N2O. The smallest absolute Gasteiger partial charge is 0.226 e. The third-order valence-corrected chi connectivity index (χ3v) is 2.82. The molecule has 0 saturated carbocycles. The molecule has 1 aromatic rings. The average molecular weight is 234 g/mol. The maximum atomic E-state index is 12.0. The Balaban J connectivity index is 2.64. The summed E-state index contributed by atoms with van der Waals surface area (Å²) in [5.74, 6) is 0.200. The van der Waals surface area contributed by atoms with E-state index in [4.69, 9.17) is 5.73 Å². The van der Waals surface area contributed by atoms with Gasteiger partial charge in [-0.1, -0.05) is 19.8 Å². The van der Waals surface area contributed by atoms with Crippen molar-refractivity contribution in [2.24, 2.45) is 0 Å². The molecule has 0 heterocycles. The number of hydrogen-bond acceptors (Lipinski definition) is 2. The number of carbonyl (C=O) groups is 1. The van der Waals surface area contributed by atoms with Gasteiger partial charge < -0.3 is 10.6 Å². The quantitative estimate of drug-likeness (QED) is 0.607. The van der Waals surface area contributed by atoms with Gasteiger partial charge in [0.05, 0.1) is 0 Å². The minimum absolute atomic E-state index is 0.200.